The third kappa shape index (κ3) is 1.81. The van der Waals surface area contributed by atoms with Crippen LogP contribution in [0.1, 0.15) is 16.5 Å². The van der Waals surface area contributed by atoms with Gasteiger partial charge in [-0.25, -0.2) is 4.39 Å². The maximum absolute atomic E-state index is 12.6. The molecule has 1 unspecified atom stereocenters. The number of hydrogen-bond acceptors (Lipinski definition) is 3. The SMILES string of the molecule is NC(c1ccc(F)cc1)c1cncs1. The van der Waals surface area contributed by atoms with E-state index in [0.717, 1.165) is 10.4 Å². The van der Waals surface area contributed by atoms with Gasteiger partial charge in [0.2, 0.25) is 0 Å². The fraction of sp³-hybridized carbons (Fsp3) is 0.100. The van der Waals surface area contributed by atoms with Crippen LogP contribution in [-0.4, -0.2) is 4.98 Å². The zero-order chi connectivity index (χ0) is 9.97. The van der Waals surface area contributed by atoms with Crippen molar-refractivity contribution in [3.8, 4) is 0 Å². The molecule has 2 N–H and O–H groups in total. The van der Waals surface area contributed by atoms with E-state index in [0.29, 0.717) is 0 Å². The molecule has 1 aromatic heterocycles. The molecule has 0 spiro atoms. The summed E-state index contributed by atoms with van der Waals surface area (Å²) >= 11 is 1.50. The van der Waals surface area contributed by atoms with Crippen LogP contribution < -0.4 is 5.73 Å². The molecule has 1 aromatic carbocycles. The lowest BCUT2D eigenvalue weighted by Gasteiger charge is -2.08. The van der Waals surface area contributed by atoms with Crippen molar-refractivity contribution in [2.24, 2.45) is 5.73 Å². The van der Waals surface area contributed by atoms with E-state index in [2.05, 4.69) is 4.98 Å². The van der Waals surface area contributed by atoms with Gasteiger partial charge >= 0.3 is 0 Å². The molecule has 14 heavy (non-hydrogen) atoms. The standard InChI is InChI=1S/C10H9FN2S/c11-8-3-1-7(2-4-8)10(12)9-5-13-6-14-9/h1-6,10H,12H2. The third-order valence-corrected chi connectivity index (χ3v) is 2.85. The Hall–Kier alpha value is -1.26. The number of aromatic nitrogens is 1. The predicted molar refractivity (Wildman–Crippen MR) is 54.5 cm³/mol. The number of thiazole rings is 1. The fourth-order valence-electron chi connectivity index (χ4n) is 1.21. The minimum absolute atomic E-state index is 0.205. The van der Waals surface area contributed by atoms with Gasteiger partial charge in [0.15, 0.2) is 0 Å². The molecule has 0 radical (unpaired) electrons. The van der Waals surface area contributed by atoms with Crippen molar-refractivity contribution < 1.29 is 4.39 Å². The number of nitrogens with zero attached hydrogens (tertiary/aromatic N) is 1. The summed E-state index contributed by atoms with van der Waals surface area (Å²) in [6, 6.07) is 6.01. The maximum atomic E-state index is 12.6. The Balaban J connectivity index is 2.28. The summed E-state index contributed by atoms with van der Waals surface area (Å²) in [7, 11) is 0. The number of hydrogen-bond donors (Lipinski definition) is 1. The number of benzene rings is 1. The zero-order valence-electron chi connectivity index (χ0n) is 7.35. The summed E-state index contributed by atoms with van der Waals surface area (Å²) in [5.41, 5.74) is 8.59. The van der Waals surface area contributed by atoms with Crippen molar-refractivity contribution >= 4 is 11.3 Å². The van der Waals surface area contributed by atoms with Crippen molar-refractivity contribution in [2.75, 3.05) is 0 Å². The van der Waals surface area contributed by atoms with Crippen LogP contribution in [0.25, 0.3) is 0 Å². The van der Waals surface area contributed by atoms with Gasteiger partial charge in [0.1, 0.15) is 5.82 Å². The lowest BCUT2D eigenvalue weighted by molar-refractivity contribution is 0.626. The highest BCUT2D eigenvalue weighted by molar-refractivity contribution is 7.09. The van der Waals surface area contributed by atoms with E-state index in [9.17, 15) is 4.39 Å². The highest BCUT2D eigenvalue weighted by Crippen LogP contribution is 2.22. The van der Waals surface area contributed by atoms with E-state index in [-0.39, 0.29) is 11.9 Å². The molecule has 0 bridgehead atoms. The van der Waals surface area contributed by atoms with Gasteiger partial charge in [-0.05, 0) is 17.7 Å². The second-order valence-electron chi connectivity index (χ2n) is 2.93. The van der Waals surface area contributed by atoms with Crippen LogP contribution in [0.3, 0.4) is 0 Å². The third-order valence-electron chi connectivity index (χ3n) is 1.99. The van der Waals surface area contributed by atoms with Gasteiger partial charge in [0.25, 0.3) is 0 Å². The zero-order valence-corrected chi connectivity index (χ0v) is 8.17. The van der Waals surface area contributed by atoms with Gasteiger partial charge in [0, 0.05) is 11.1 Å². The molecule has 0 saturated heterocycles. The van der Waals surface area contributed by atoms with Crippen LogP contribution >= 0.6 is 11.3 Å². The molecular formula is C10H9FN2S. The summed E-state index contributed by atoms with van der Waals surface area (Å²) in [4.78, 5) is 4.93. The monoisotopic (exact) mass is 208 g/mol. The molecular weight excluding hydrogens is 199 g/mol. The van der Waals surface area contributed by atoms with Crippen LogP contribution in [0.15, 0.2) is 36.0 Å². The van der Waals surface area contributed by atoms with Gasteiger partial charge in [-0.3, -0.25) is 4.98 Å². The van der Waals surface area contributed by atoms with E-state index in [1.807, 2.05) is 0 Å². The largest absolute Gasteiger partial charge is 0.320 e. The number of nitrogens with two attached hydrogens (primary N) is 1. The van der Waals surface area contributed by atoms with Crippen LogP contribution in [0.4, 0.5) is 4.39 Å². The summed E-state index contributed by atoms with van der Waals surface area (Å²) in [5, 5.41) is 0. The molecule has 0 amide bonds. The molecule has 4 heteroatoms. The molecule has 2 aromatic rings. The first-order valence-electron chi connectivity index (χ1n) is 4.17. The molecule has 1 heterocycles. The molecule has 0 saturated carbocycles. The second kappa shape index (κ2) is 3.86. The first-order valence-corrected chi connectivity index (χ1v) is 5.05. The van der Waals surface area contributed by atoms with Crippen molar-refractivity contribution in [2.45, 2.75) is 6.04 Å². The van der Waals surface area contributed by atoms with E-state index in [4.69, 9.17) is 5.73 Å². The average Bonchev–Trinajstić information content (AvgIpc) is 2.71. The normalized spacial score (nSPS) is 12.7. The van der Waals surface area contributed by atoms with E-state index >= 15 is 0 Å². The number of halogens is 1. The molecule has 1 atom stereocenters. The molecule has 0 aliphatic carbocycles. The van der Waals surface area contributed by atoms with E-state index in [1.165, 1.54) is 23.5 Å². The molecule has 0 aliphatic rings. The highest BCUT2D eigenvalue weighted by Gasteiger charge is 2.09. The molecule has 72 valence electrons. The lowest BCUT2D eigenvalue weighted by atomic mass is 10.1. The van der Waals surface area contributed by atoms with Crippen LogP contribution in [0, 0.1) is 5.82 Å². The van der Waals surface area contributed by atoms with E-state index < -0.39 is 0 Å². The van der Waals surface area contributed by atoms with Crippen molar-refractivity contribution in [3.05, 3.63) is 52.2 Å². The number of rotatable bonds is 2. The minimum atomic E-state index is -0.245. The Bertz CT molecular complexity index is 397. The van der Waals surface area contributed by atoms with Gasteiger partial charge < -0.3 is 5.73 Å². The van der Waals surface area contributed by atoms with E-state index in [1.54, 1.807) is 23.8 Å². The van der Waals surface area contributed by atoms with Crippen LogP contribution in [0.2, 0.25) is 0 Å². The minimum Gasteiger partial charge on any atom is -0.320 e. The Labute approximate surface area is 85.2 Å². The maximum Gasteiger partial charge on any atom is 0.123 e. The van der Waals surface area contributed by atoms with Crippen LogP contribution in [0.5, 0.6) is 0 Å². The molecule has 0 fully saturated rings. The van der Waals surface area contributed by atoms with Gasteiger partial charge in [-0.2, -0.15) is 0 Å². The Kier molecular flexibility index (Phi) is 2.56. The summed E-state index contributed by atoms with van der Waals surface area (Å²) < 4.78 is 12.6. The summed E-state index contributed by atoms with van der Waals surface area (Å²) in [6.45, 7) is 0. The van der Waals surface area contributed by atoms with Crippen molar-refractivity contribution in [1.29, 1.82) is 0 Å². The Morgan fingerprint density at radius 1 is 1.29 bits per heavy atom. The fourth-order valence-corrected chi connectivity index (χ4v) is 1.86. The highest BCUT2D eigenvalue weighted by atomic mass is 32.1. The summed E-state index contributed by atoms with van der Waals surface area (Å²) in [5.74, 6) is -0.245. The first-order chi connectivity index (χ1) is 6.77. The lowest BCUT2D eigenvalue weighted by Crippen LogP contribution is -2.09. The second-order valence-corrected chi connectivity index (χ2v) is 3.85. The van der Waals surface area contributed by atoms with Crippen molar-refractivity contribution in [1.82, 2.24) is 4.98 Å². The van der Waals surface area contributed by atoms with Crippen LogP contribution in [-0.2, 0) is 0 Å². The Morgan fingerprint density at radius 2 is 2.00 bits per heavy atom. The Morgan fingerprint density at radius 3 is 2.57 bits per heavy atom. The van der Waals surface area contributed by atoms with Gasteiger partial charge in [-0.1, -0.05) is 12.1 Å². The quantitative estimate of drug-likeness (QED) is 0.822. The van der Waals surface area contributed by atoms with Gasteiger partial charge in [0.05, 0.1) is 11.6 Å². The van der Waals surface area contributed by atoms with Crippen molar-refractivity contribution in [3.63, 3.8) is 0 Å². The first kappa shape index (κ1) is 9.30. The molecule has 2 nitrogen and oxygen atoms in total. The smallest absolute Gasteiger partial charge is 0.123 e. The topological polar surface area (TPSA) is 38.9 Å². The predicted octanol–water partition coefficient (Wildman–Crippen LogP) is 2.33. The molecule has 0 aliphatic heterocycles. The van der Waals surface area contributed by atoms with Gasteiger partial charge in [-0.15, -0.1) is 11.3 Å². The average molecular weight is 208 g/mol. The molecule has 2 rings (SSSR count). The summed E-state index contributed by atoms with van der Waals surface area (Å²) in [6.07, 6.45) is 1.73.